The van der Waals surface area contributed by atoms with Gasteiger partial charge in [-0.05, 0) is 31.0 Å². The van der Waals surface area contributed by atoms with Gasteiger partial charge < -0.3 is 15.0 Å². The van der Waals surface area contributed by atoms with Crippen molar-refractivity contribution in [3.8, 4) is 0 Å². The van der Waals surface area contributed by atoms with E-state index in [1.165, 1.54) is 0 Å². The van der Waals surface area contributed by atoms with Crippen molar-refractivity contribution in [1.29, 1.82) is 0 Å². The Morgan fingerprint density at radius 2 is 2.11 bits per heavy atom. The van der Waals surface area contributed by atoms with Gasteiger partial charge in [0.2, 0.25) is 0 Å². The van der Waals surface area contributed by atoms with E-state index in [1.807, 2.05) is 25.1 Å². The summed E-state index contributed by atoms with van der Waals surface area (Å²) in [5.74, 6) is -0.714. The quantitative estimate of drug-likeness (QED) is 0.810. The van der Waals surface area contributed by atoms with E-state index in [-0.39, 0.29) is 18.6 Å². The first kappa shape index (κ1) is 13.4. The first-order valence-electron chi connectivity index (χ1n) is 6.30. The highest BCUT2D eigenvalue weighted by atomic mass is 16.5. The van der Waals surface area contributed by atoms with Gasteiger partial charge in [-0.15, -0.1) is 0 Å². The summed E-state index contributed by atoms with van der Waals surface area (Å²) in [5, 5.41) is 2.77. The van der Waals surface area contributed by atoms with Gasteiger partial charge in [-0.25, -0.2) is 4.79 Å². The van der Waals surface area contributed by atoms with Crippen molar-refractivity contribution < 1.29 is 14.3 Å². The second-order valence-electron chi connectivity index (χ2n) is 4.86. The number of amides is 1. The van der Waals surface area contributed by atoms with E-state index in [0.717, 1.165) is 18.5 Å². The molecule has 1 aromatic rings. The first-order chi connectivity index (χ1) is 9.06. The van der Waals surface area contributed by atoms with Crippen LogP contribution in [0.4, 0.5) is 5.69 Å². The monoisotopic (exact) mass is 262 g/mol. The molecule has 19 heavy (non-hydrogen) atoms. The van der Waals surface area contributed by atoms with Gasteiger partial charge >= 0.3 is 5.97 Å². The fraction of sp³-hybridized carbons (Fsp3) is 0.429. The molecule has 1 aromatic carbocycles. The largest absolute Gasteiger partial charge is 0.452 e. The molecular weight excluding hydrogens is 244 g/mol. The third kappa shape index (κ3) is 3.98. The molecule has 5 nitrogen and oxygen atoms in total. The summed E-state index contributed by atoms with van der Waals surface area (Å²) in [4.78, 5) is 25.1. The van der Waals surface area contributed by atoms with E-state index in [9.17, 15) is 9.59 Å². The van der Waals surface area contributed by atoms with E-state index in [0.29, 0.717) is 5.56 Å². The van der Waals surface area contributed by atoms with Crippen LogP contribution < -0.4 is 10.2 Å². The van der Waals surface area contributed by atoms with Crippen molar-refractivity contribution in [2.75, 3.05) is 25.6 Å². The maximum Gasteiger partial charge on any atom is 0.338 e. The number of carbonyl (C=O) groups is 2. The normalized spacial score (nSPS) is 13.8. The molecule has 102 valence electrons. The molecule has 1 fully saturated rings. The molecule has 1 N–H and O–H groups in total. The number of nitrogens with zero attached hydrogens (tertiary/aromatic N) is 1. The van der Waals surface area contributed by atoms with Crippen LogP contribution in [0.1, 0.15) is 23.2 Å². The Balaban J connectivity index is 1.88. The van der Waals surface area contributed by atoms with Gasteiger partial charge in [0.1, 0.15) is 0 Å². The number of benzene rings is 1. The Kier molecular flexibility index (Phi) is 4.04. The highest BCUT2D eigenvalue weighted by Gasteiger charge is 2.23. The fourth-order valence-corrected chi connectivity index (χ4v) is 1.62. The van der Waals surface area contributed by atoms with Crippen LogP contribution in [0.25, 0.3) is 0 Å². The summed E-state index contributed by atoms with van der Waals surface area (Å²) in [6.45, 7) is -0.221. The number of anilines is 1. The molecule has 0 bridgehead atoms. The summed E-state index contributed by atoms with van der Waals surface area (Å²) in [7, 11) is 3.79. The molecule has 1 aliphatic rings. The topological polar surface area (TPSA) is 58.6 Å². The van der Waals surface area contributed by atoms with Crippen molar-refractivity contribution in [3.05, 3.63) is 29.8 Å². The number of nitrogens with one attached hydrogen (secondary N) is 1. The summed E-state index contributed by atoms with van der Waals surface area (Å²) in [6, 6.07) is 7.38. The molecule has 0 spiro atoms. The molecular formula is C14H18N2O3. The number of esters is 1. The summed E-state index contributed by atoms with van der Waals surface area (Å²) < 4.78 is 4.98. The molecule has 1 saturated carbocycles. The van der Waals surface area contributed by atoms with Crippen LogP contribution in [0.15, 0.2) is 24.3 Å². The van der Waals surface area contributed by atoms with Crippen molar-refractivity contribution in [1.82, 2.24) is 5.32 Å². The lowest BCUT2D eigenvalue weighted by Gasteiger charge is -2.13. The van der Waals surface area contributed by atoms with Crippen LogP contribution in [0.5, 0.6) is 0 Å². The molecule has 0 radical (unpaired) electrons. The molecule has 0 unspecified atom stereocenters. The van der Waals surface area contributed by atoms with E-state index >= 15 is 0 Å². The predicted molar refractivity (Wildman–Crippen MR) is 72.2 cm³/mol. The average molecular weight is 262 g/mol. The molecule has 0 aromatic heterocycles. The van der Waals surface area contributed by atoms with Crippen molar-refractivity contribution in [3.63, 3.8) is 0 Å². The van der Waals surface area contributed by atoms with Crippen LogP contribution in [-0.4, -0.2) is 38.6 Å². The molecule has 1 amide bonds. The Hall–Kier alpha value is -2.04. The van der Waals surface area contributed by atoms with Gasteiger partial charge in [0.25, 0.3) is 5.91 Å². The summed E-state index contributed by atoms with van der Waals surface area (Å²) >= 11 is 0. The van der Waals surface area contributed by atoms with Crippen molar-refractivity contribution >= 4 is 17.6 Å². The second-order valence-corrected chi connectivity index (χ2v) is 4.86. The molecule has 0 heterocycles. The number of carbonyl (C=O) groups excluding carboxylic acids is 2. The van der Waals surface area contributed by atoms with Gasteiger partial charge in [0, 0.05) is 25.8 Å². The zero-order chi connectivity index (χ0) is 13.8. The van der Waals surface area contributed by atoms with Gasteiger partial charge in [-0.3, -0.25) is 4.79 Å². The summed E-state index contributed by atoms with van der Waals surface area (Å²) in [5.41, 5.74) is 1.36. The highest BCUT2D eigenvalue weighted by Crippen LogP contribution is 2.18. The molecule has 0 aliphatic heterocycles. The Bertz CT molecular complexity index is 481. The van der Waals surface area contributed by atoms with Crippen LogP contribution in [0.2, 0.25) is 0 Å². The first-order valence-corrected chi connectivity index (χ1v) is 6.30. The Labute approximate surface area is 112 Å². The third-order valence-electron chi connectivity index (χ3n) is 2.88. The van der Waals surface area contributed by atoms with Gasteiger partial charge in [0.15, 0.2) is 6.61 Å². The Morgan fingerprint density at radius 3 is 2.74 bits per heavy atom. The lowest BCUT2D eigenvalue weighted by Crippen LogP contribution is -2.30. The van der Waals surface area contributed by atoms with Gasteiger partial charge in [-0.2, -0.15) is 0 Å². The molecule has 0 saturated heterocycles. The number of ether oxygens (including phenoxy) is 1. The van der Waals surface area contributed by atoms with Crippen LogP contribution in [0, 0.1) is 0 Å². The van der Waals surface area contributed by atoms with Crippen molar-refractivity contribution in [2.45, 2.75) is 18.9 Å². The standard InChI is InChI=1S/C14H18N2O3/c1-16(2)12-5-3-4-10(8-12)14(18)19-9-13(17)15-11-6-7-11/h3-5,8,11H,6-7,9H2,1-2H3,(H,15,17). The maximum atomic E-state index is 11.8. The van der Waals surface area contributed by atoms with E-state index in [4.69, 9.17) is 4.74 Å². The van der Waals surface area contributed by atoms with E-state index < -0.39 is 5.97 Å². The molecule has 2 rings (SSSR count). The average Bonchev–Trinajstić information content (AvgIpc) is 3.20. The minimum atomic E-state index is -0.477. The van der Waals surface area contributed by atoms with E-state index in [1.54, 1.807) is 18.2 Å². The van der Waals surface area contributed by atoms with Crippen LogP contribution >= 0.6 is 0 Å². The zero-order valence-electron chi connectivity index (χ0n) is 11.2. The Morgan fingerprint density at radius 1 is 1.37 bits per heavy atom. The minimum absolute atomic E-state index is 0.221. The maximum absolute atomic E-state index is 11.8. The van der Waals surface area contributed by atoms with Crippen molar-refractivity contribution in [2.24, 2.45) is 0 Å². The number of rotatable bonds is 5. The molecule has 0 atom stereocenters. The van der Waals surface area contributed by atoms with E-state index in [2.05, 4.69) is 5.32 Å². The zero-order valence-corrected chi connectivity index (χ0v) is 11.2. The highest BCUT2D eigenvalue weighted by molar-refractivity contribution is 5.92. The predicted octanol–water partition coefficient (Wildman–Crippen LogP) is 1.19. The molecule has 1 aliphatic carbocycles. The minimum Gasteiger partial charge on any atom is -0.452 e. The van der Waals surface area contributed by atoms with Gasteiger partial charge in [0.05, 0.1) is 5.56 Å². The number of hydrogen-bond acceptors (Lipinski definition) is 4. The molecule has 5 heteroatoms. The fourth-order valence-electron chi connectivity index (χ4n) is 1.62. The smallest absolute Gasteiger partial charge is 0.338 e. The lowest BCUT2D eigenvalue weighted by atomic mass is 10.2. The summed E-state index contributed by atoms with van der Waals surface area (Å²) in [6.07, 6.45) is 2.04. The van der Waals surface area contributed by atoms with Gasteiger partial charge in [-0.1, -0.05) is 6.07 Å². The van der Waals surface area contributed by atoms with Crippen LogP contribution in [-0.2, 0) is 9.53 Å². The SMILES string of the molecule is CN(C)c1cccc(C(=O)OCC(=O)NC2CC2)c1. The third-order valence-corrected chi connectivity index (χ3v) is 2.88. The second kappa shape index (κ2) is 5.73. The van der Waals surface area contributed by atoms with Crippen LogP contribution in [0.3, 0.4) is 0 Å². The lowest BCUT2D eigenvalue weighted by molar-refractivity contribution is -0.124. The number of hydrogen-bond donors (Lipinski definition) is 1.